The van der Waals surface area contributed by atoms with Gasteiger partial charge in [-0.05, 0) is 32.0 Å². The van der Waals surface area contributed by atoms with Crippen molar-refractivity contribution in [3.05, 3.63) is 46.6 Å². The van der Waals surface area contributed by atoms with Crippen molar-refractivity contribution in [2.45, 2.75) is 20.0 Å². The molecule has 0 atom stereocenters. The SMILES string of the molecule is Cc1[nH]c(OC(=O)O)c(C)c1C(=O)C(=O)N1CCN(c2cccc(C(F)(F)F)c2)CC1. The molecule has 3 rings (SSSR count). The Hall–Kier alpha value is -3.50. The minimum Gasteiger partial charge on any atom is -0.449 e. The van der Waals surface area contributed by atoms with E-state index in [1.54, 1.807) is 11.0 Å². The van der Waals surface area contributed by atoms with Gasteiger partial charge in [-0.15, -0.1) is 0 Å². The van der Waals surface area contributed by atoms with Gasteiger partial charge >= 0.3 is 12.3 Å². The standard InChI is InChI=1S/C20H20F3N3O5/c1-11-15(12(2)24-17(11)31-19(29)30)16(27)18(28)26-8-6-25(7-9-26)14-5-3-4-13(10-14)20(21,22)23/h3-5,10,24H,6-9H2,1-2H3,(H,29,30). The van der Waals surface area contributed by atoms with Gasteiger partial charge in [0, 0.05) is 43.1 Å². The molecule has 0 aliphatic carbocycles. The third kappa shape index (κ3) is 4.65. The van der Waals surface area contributed by atoms with Crippen LogP contribution in [0.25, 0.3) is 0 Å². The first kappa shape index (κ1) is 22.2. The summed E-state index contributed by atoms with van der Waals surface area (Å²) in [5, 5.41) is 8.75. The van der Waals surface area contributed by atoms with Crippen LogP contribution in [0, 0.1) is 13.8 Å². The molecule has 1 amide bonds. The summed E-state index contributed by atoms with van der Waals surface area (Å²) in [7, 11) is 0. The van der Waals surface area contributed by atoms with Crippen LogP contribution in [0.4, 0.5) is 23.7 Å². The zero-order valence-electron chi connectivity index (χ0n) is 16.7. The average Bonchev–Trinajstić information content (AvgIpc) is 2.99. The van der Waals surface area contributed by atoms with Crippen molar-refractivity contribution < 1.29 is 37.4 Å². The van der Waals surface area contributed by atoms with Gasteiger partial charge in [-0.1, -0.05) is 6.07 Å². The molecule has 0 saturated carbocycles. The number of H-pyrrole nitrogens is 1. The van der Waals surface area contributed by atoms with Gasteiger partial charge in [0.15, 0.2) is 0 Å². The quantitative estimate of drug-likeness (QED) is 0.431. The van der Waals surface area contributed by atoms with Crippen LogP contribution >= 0.6 is 0 Å². The van der Waals surface area contributed by atoms with Crippen molar-refractivity contribution in [2.24, 2.45) is 0 Å². The minimum atomic E-state index is -4.45. The molecule has 0 bridgehead atoms. The number of halogens is 3. The molecule has 2 N–H and O–H groups in total. The fourth-order valence-corrected chi connectivity index (χ4v) is 3.55. The summed E-state index contributed by atoms with van der Waals surface area (Å²) < 4.78 is 43.4. The zero-order valence-corrected chi connectivity index (χ0v) is 16.7. The summed E-state index contributed by atoms with van der Waals surface area (Å²) in [6.45, 7) is 3.82. The van der Waals surface area contributed by atoms with Gasteiger partial charge in [0.25, 0.3) is 11.7 Å². The fourth-order valence-electron chi connectivity index (χ4n) is 3.55. The largest absolute Gasteiger partial charge is 0.512 e. The number of carbonyl (C=O) groups is 3. The summed E-state index contributed by atoms with van der Waals surface area (Å²) in [5.41, 5.74) is 0.189. The normalized spacial score (nSPS) is 14.5. The number of nitrogens with one attached hydrogen (secondary N) is 1. The van der Waals surface area contributed by atoms with Crippen molar-refractivity contribution in [3.8, 4) is 5.88 Å². The highest BCUT2D eigenvalue weighted by molar-refractivity contribution is 6.43. The number of aryl methyl sites for hydroxylation is 1. The van der Waals surface area contributed by atoms with E-state index in [0.717, 1.165) is 12.1 Å². The summed E-state index contributed by atoms with van der Waals surface area (Å²) >= 11 is 0. The van der Waals surface area contributed by atoms with Crippen molar-refractivity contribution in [1.29, 1.82) is 0 Å². The number of Topliss-reactive ketones (excluding diaryl/α,β-unsaturated/α-hetero) is 1. The monoisotopic (exact) mass is 439 g/mol. The first-order chi connectivity index (χ1) is 14.5. The van der Waals surface area contributed by atoms with E-state index >= 15 is 0 Å². The van der Waals surface area contributed by atoms with Crippen LogP contribution in [-0.2, 0) is 11.0 Å². The average molecular weight is 439 g/mol. The number of ketones is 1. The van der Waals surface area contributed by atoms with Crippen LogP contribution in [0.5, 0.6) is 5.88 Å². The molecular formula is C20H20F3N3O5. The Labute approximate surface area is 175 Å². The molecule has 0 spiro atoms. The first-order valence-electron chi connectivity index (χ1n) is 9.34. The number of hydrogen-bond acceptors (Lipinski definition) is 5. The van der Waals surface area contributed by atoms with Crippen molar-refractivity contribution in [2.75, 3.05) is 31.1 Å². The van der Waals surface area contributed by atoms with E-state index < -0.39 is 29.6 Å². The molecule has 1 aliphatic rings. The second-order valence-electron chi connectivity index (χ2n) is 7.10. The lowest BCUT2D eigenvalue weighted by Crippen LogP contribution is -2.50. The number of piperazine rings is 1. The van der Waals surface area contributed by atoms with Crippen molar-refractivity contribution in [1.82, 2.24) is 9.88 Å². The minimum absolute atomic E-state index is 0.0431. The molecule has 1 aromatic carbocycles. The van der Waals surface area contributed by atoms with Crippen molar-refractivity contribution in [3.63, 3.8) is 0 Å². The number of ether oxygens (including phenoxy) is 1. The summed E-state index contributed by atoms with van der Waals surface area (Å²) in [4.78, 5) is 41.9. The van der Waals surface area contributed by atoms with Crippen LogP contribution in [0.3, 0.4) is 0 Å². The van der Waals surface area contributed by atoms with E-state index in [2.05, 4.69) is 9.72 Å². The van der Waals surface area contributed by atoms with Gasteiger partial charge in [-0.25, -0.2) is 4.79 Å². The van der Waals surface area contributed by atoms with E-state index in [1.807, 2.05) is 0 Å². The maximum Gasteiger partial charge on any atom is 0.512 e. The van der Waals surface area contributed by atoms with Gasteiger partial charge in [0.05, 0.1) is 11.1 Å². The molecule has 2 heterocycles. The Bertz CT molecular complexity index is 1020. The summed E-state index contributed by atoms with van der Waals surface area (Å²) in [6.07, 6.45) is -6.00. The second kappa shape index (κ2) is 8.32. The van der Waals surface area contributed by atoms with Gasteiger partial charge in [-0.3, -0.25) is 9.59 Å². The van der Waals surface area contributed by atoms with Crippen molar-refractivity contribution >= 4 is 23.5 Å². The Morgan fingerprint density at radius 3 is 2.32 bits per heavy atom. The summed E-state index contributed by atoms with van der Waals surface area (Å²) in [6, 6.07) is 4.94. The summed E-state index contributed by atoms with van der Waals surface area (Å²) in [5.74, 6) is -1.70. The Morgan fingerprint density at radius 2 is 1.74 bits per heavy atom. The lowest BCUT2D eigenvalue weighted by Gasteiger charge is -2.36. The lowest BCUT2D eigenvalue weighted by molar-refractivity contribution is -0.137. The van der Waals surface area contributed by atoms with E-state index in [9.17, 15) is 27.6 Å². The number of rotatable bonds is 4. The van der Waals surface area contributed by atoms with E-state index in [4.69, 9.17) is 5.11 Å². The third-order valence-electron chi connectivity index (χ3n) is 5.11. The van der Waals surface area contributed by atoms with Crippen LogP contribution in [0.15, 0.2) is 24.3 Å². The van der Waals surface area contributed by atoms with Crippen LogP contribution < -0.4 is 9.64 Å². The van der Waals surface area contributed by atoms with Crippen LogP contribution in [-0.4, -0.2) is 59.0 Å². The predicted molar refractivity (Wildman–Crippen MR) is 103 cm³/mol. The van der Waals surface area contributed by atoms with E-state index in [-0.39, 0.29) is 43.2 Å². The number of nitrogens with zero attached hydrogens (tertiary/aromatic N) is 2. The zero-order chi connectivity index (χ0) is 22.9. The number of carboxylic acid groups (broad SMARTS) is 1. The van der Waals surface area contributed by atoms with Gasteiger partial charge in [0.1, 0.15) is 0 Å². The Balaban J connectivity index is 1.69. The molecular weight excluding hydrogens is 419 g/mol. The highest BCUT2D eigenvalue weighted by atomic mass is 19.4. The second-order valence-corrected chi connectivity index (χ2v) is 7.10. The molecule has 1 fully saturated rings. The maximum atomic E-state index is 12.9. The molecule has 8 nitrogen and oxygen atoms in total. The van der Waals surface area contributed by atoms with Gasteiger partial charge < -0.3 is 24.6 Å². The smallest absolute Gasteiger partial charge is 0.449 e. The van der Waals surface area contributed by atoms with Crippen LogP contribution in [0.2, 0.25) is 0 Å². The number of amides is 1. The first-order valence-corrected chi connectivity index (χ1v) is 9.34. The molecule has 1 aromatic heterocycles. The number of carbonyl (C=O) groups excluding carboxylic acids is 2. The number of alkyl halides is 3. The molecule has 1 saturated heterocycles. The molecule has 0 unspecified atom stereocenters. The van der Waals surface area contributed by atoms with Gasteiger partial charge in [0.2, 0.25) is 5.88 Å². The number of benzene rings is 1. The number of anilines is 1. The fraction of sp³-hybridized carbons (Fsp3) is 0.350. The molecule has 11 heteroatoms. The molecule has 0 radical (unpaired) electrons. The third-order valence-corrected chi connectivity index (χ3v) is 5.11. The Kier molecular flexibility index (Phi) is 5.96. The maximum absolute atomic E-state index is 12.9. The Morgan fingerprint density at radius 1 is 1.10 bits per heavy atom. The molecule has 31 heavy (non-hydrogen) atoms. The number of aromatic amines is 1. The predicted octanol–water partition coefficient (Wildman–Crippen LogP) is 3.24. The number of aromatic nitrogens is 1. The van der Waals surface area contributed by atoms with Crippen LogP contribution in [0.1, 0.15) is 27.2 Å². The van der Waals surface area contributed by atoms with Gasteiger partial charge in [-0.2, -0.15) is 13.2 Å². The highest BCUT2D eigenvalue weighted by Crippen LogP contribution is 2.32. The van der Waals surface area contributed by atoms with E-state index in [0.29, 0.717) is 11.4 Å². The molecule has 166 valence electrons. The molecule has 2 aromatic rings. The lowest BCUT2D eigenvalue weighted by atomic mass is 10.1. The van der Waals surface area contributed by atoms with E-state index in [1.165, 1.54) is 24.8 Å². The highest BCUT2D eigenvalue weighted by Gasteiger charge is 2.33. The topological polar surface area (TPSA) is 103 Å². The molecule has 1 aliphatic heterocycles. The number of hydrogen-bond donors (Lipinski definition) is 2.